The van der Waals surface area contributed by atoms with Gasteiger partial charge in [-0.15, -0.1) is 0 Å². The van der Waals surface area contributed by atoms with Crippen LogP contribution in [0.15, 0.2) is 0 Å². The van der Waals surface area contributed by atoms with E-state index in [1.54, 1.807) is 0 Å². The lowest BCUT2D eigenvalue weighted by molar-refractivity contribution is -0.145. The van der Waals surface area contributed by atoms with Crippen LogP contribution in [-0.4, -0.2) is 48.7 Å². The summed E-state index contributed by atoms with van der Waals surface area (Å²) in [4.78, 5) is 14.0. The zero-order chi connectivity index (χ0) is 10.8. The number of morpholine rings is 1. The normalized spacial score (nSPS) is 36.9. The van der Waals surface area contributed by atoms with Crippen LogP contribution in [-0.2, 0) is 9.53 Å². The summed E-state index contributed by atoms with van der Waals surface area (Å²) in [5.74, 6) is 0.259. The fraction of sp³-hybridized carbons (Fsp3) is 0.909. The van der Waals surface area contributed by atoms with Crippen LogP contribution in [0.1, 0.15) is 26.7 Å². The van der Waals surface area contributed by atoms with E-state index in [0.717, 1.165) is 32.5 Å². The van der Waals surface area contributed by atoms with Crippen LogP contribution in [0.25, 0.3) is 0 Å². The number of nitrogens with zero attached hydrogens (tertiary/aromatic N) is 1. The lowest BCUT2D eigenvalue weighted by Crippen LogP contribution is -2.53. The van der Waals surface area contributed by atoms with Gasteiger partial charge in [0, 0.05) is 13.1 Å². The van der Waals surface area contributed by atoms with Crippen molar-refractivity contribution in [1.29, 1.82) is 0 Å². The molecule has 0 aromatic carbocycles. The topological polar surface area (TPSA) is 41.6 Å². The predicted octanol–water partition coefficient (Wildman–Crippen LogP) is 0.374. The Bertz CT molecular complexity index is 229. The van der Waals surface area contributed by atoms with Crippen molar-refractivity contribution in [2.75, 3.05) is 19.6 Å². The lowest BCUT2D eigenvalue weighted by Gasteiger charge is -2.36. The first-order valence-corrected chi connectivity index (χ1v) is 5.84. The minimum absolute atomic E-state index is 0.0579. The quantitative estimate of drug-likeness (QED) is 0.683. The first-order chi connectivity index (χ1) is 7.16. The minimum Gasteiger partial charge on any atom is -0.372 e. The van der Waals surface area contributed by atoms with Crippen molar-refractivity contribution < 1.29 is 9.53 Å². The van der Waals surface area contributed by atoms with E-state index in [1.165, 1.54) is 0 Å². The molecule has 3 atom stereocenters. The smallest absolute Gasteiger partial charge is 0.239 e. The summed E-state index contributed by atoms with van der Waals surface area (Å²) in [5, 5.41) is 3.25. The fourth-order valence-electron chi connectivity index (χ4n) is 2.47. The highest BCUT2D eigenvalue weighted by atomic mass is 16.5. The first kappa shape index (κ1) is 10.9. The molecule has 1 N–H and O–H groups in total. The van der Waals surface area contributed by atoms with Gasteiger partial charge in [0.25, 0.3) is 0 Å². The summed E-state index contributed by atoms with van der Waals surface area (Å²) < 4.78 is 5.61. The number of amides is 1. The third-order valence-electron chi connectivity index (χ3n) is 3.09. The Balaban J connectivity index is 1.93. The molecule has 0 aliphatic carbocycles. The molecule has 2 aliphatic heterocycles. The Morgan fingerprint density at radius 2 is 2.00 bits per heavy atom. The Morgan fingerprint density at radius 3 is 2.53 bits per heavy atom. The molecule has 0 bridgehead atoms. The van der Waals surface area contributed by atoms with Gasteiger partial charge in [0.1, 0.15) is 0 Å². The van der Waals surface area contributed by atoms with Crippen LogP contribution in [0.3, 0.4) is 0 Å². The average Bonchev–Trinajstić information content (AvgIpc) is 2.67. The van der Waals surface area contributed by atoms with Crippen LogP contribution in [0.5, 0.6) is 0 Å². The second kappa shape index (κ2) is 4.49. The molecule has 0 aromatic rings. The number of hydrogen-bond donors (Lipinski definition) is 1. The highest BCUT2D eigenvalue weighted by Gasteiger charge is 2.31. The highest BCUT2D eigenvalue weighted by molar-refractivity contribution is 5.82. The maximum absolute atomic E-state index is 12.1. The van der Waals surface area contributed by atoms with Crippen molar-refractivity contribution in [1.82, 2.24) is 10.2 Å². The summed E-state index contributed by atoms with van der Waals surface area (Å²) in [7, 11) is 0. The maximum Gasteiger partial charge on any atom is 0.239 e. The fourth-order valence-corrected chi connectivity index (χ4v) is 2.47. The molecule has 1 amide bonds. The third-order valence-corrected chi connectivity index (χ3v) is 3.09. The van der Waals surface area contributed by atoms with Gasteiger partial charge < -0.3 is 15.0 Å². The molecule has 4 nitrogen and oxygen atoms in total. The van der Waals surface area contributed by atoms with Crippen molar-refractivity contribution in [3.63, 3.8) is 0 Å². The molecular weight excluding hydrogens is 192 g/mol. The first-order valence-electron chi connectivity index (χ1n) is 5.84. The number of hydrogen-bond acceptors (Lipinski definition) is 3. The van der Waals surface area contributed by atoms with E-state index < -0.39 is 0 Å². The monoisotopic (exact) mass is 212 g/mol. The molecular formula is C11H20N2O2. The van der Waals surface area contributed by atoms with E-state index in [4.69, 9.17) is 4.74 Å². The molecule has 2 aliphatic rings. The van der Waals surface area contributed by atoms with Gasteiger partial charge in [-0.05, 0) is 33.2 Å². The number of nitrogens with one attached hydrogen (secondary N) is 1. The van der Waals surface area contributed by atoms with Gasteiger partial charge in [0.05, 0.1) is 18.2 Å². The number of carbonyl (C=O) groups excluding carboxylic acids is 1. The van der Waals surface area contributed by atoms with Crippen LogP contribution in [0.4, 0.5) is 0 Å². The van der Waals surface area contributed by atoms with E-state index in [0.29, 0.717) is 0 Å². The third kappa shape index (κ3) is 2.49. The van der Waals surface area contributed by atoms with E-state index in [2.05, 4.69) is 5.32 Å². The summed E-state index contributed by atoms with van der Waals surface area (Å²) >= 11 is 0. The molecule has 4 heteroatoms. The van der Waals surface area contributed by atoms with Gasteiger partial charge >= 0.3 is 0 Å². The molecule has 2 saturated heterocycles. The van der Waals surface area contributed by atoms with E-state index in [1.807, 2.05) is 18.7 Å². The van der Waals surface area contributed by atoms with Gasteiger partial charge in [-0.2, -0.15) is 0 Å². The van der Waals surface area contributed by atoms with E-state index >= 15 is 0 Å². The molecule has 0 saturated carbocycles. The van der Waals surface area contributed by atoms with Gasteiger partial charge in [-0.25, -0.2) is 0 Å². The SMILES string of the molecule is CC1CN(C(=O)[C@@H]2CCCN2)CC(C)O1. The molecule has 2 unspecified atom stereocenters. The van der Waals surface area contributed by atoms with Crippen molar-refractivity contribution >= 4 is 5.91 Å². The number of carbonyl (C=O) groups is 1. The molecule has 2 heterocycles. The van der Waals surface area contributed by atoms with Crippen molar-refractivity contribution in [3.05, 3.63) is 0 Å². The Kier molecular flexibility index (Phi) is 3.26. The maximum atomic E-state index is 12.1. The van der Waals surface area contributed by atoms with Gasteiger partial charge in [0.2, 0.25) is 5.91 Å². The molecule has 0 radical (unpaired) electrons. The lowest BCUT2D eigenvalue weighted by atomic mass is 10.1. The van der Waals surface area contributed by atoms with E-state index in [-0.39, 0.29) is 24.2 Å². The van der Waals surface area contributed by atoms with Crippen LogP contribution in [0, 0.1) is 0 Å². The summed E-state index contributed by atoms with van der Waals surface area (Å²) in [6.07, 6.45) is 2.43. The number of rotatable bonds is 1. The summed E-state index contributed by atoms with van der Waals surface area (Å²) in [6, 6.07) is 0.0579. The Labute approximate surface area is 91.0 Å². The molecule has 0 spiro atoms. The second-order valence-electron chi connectivity index (χ2n) is 4.65. The van der Waals surface area contributed by atoms with Crippen molar-refractivity contribution in [2.45, 2.75) is 44.9 Å². The summed E-state index contributed by atoms with van der Waals surface area (Å²) in [6.45, 7) is 6.50. The molecule has 86 valence electrons. The Hall–Kier alpha value is -0.610. The van der Waals surface area contributed by atoms with Gasteiger partial charge in [-0.3, -0.25) is 4.79 Å². The van der Waals surface area contributed by atoms with Crippen LogP contribution in [0.2, 0.25) is 0 Å². The zero-order valence-corrected chi connectivity index (χ0v) is 9.53. The van der Waals surface area contributed by atoms with Gasteiger partial charge in [0.15, 0.2) is 0 Å². The van der Waals surface area contributed by atoms with Crippen LogP contribution >= 0.6 is 0 Å². The van der Waals surface area contributed by atoms with Gasteiger partial charge in [-0.1, -0.05) is 0 Å². The average molecular weight is 212 g/mol. The second-order valence-corrected chi connectivity index (χ2v) is 4.65. The zero-order valence-electron chi connectivity index (χ0n) is 9.53. The molecule has 15 heavy (non-hydrogen) atoms. The number of ether oxygens (including phenoxy) is 1. The highest BCUT2D eigenvalue weighted by Crippen LogP contribution is 2.15. The largest absolute Gasteiger partial charge is 0.372 e. The summed E-state index contributed by atoms with van der Waals surface area (Å²) in [5.41, 5.74) is 0. The van der Waals surface area contributed by atoms with Crippen molar-refractivity contribution in [3.8, 4) is 0 Å². The minimum atomic E-state index is 0.0579. The molecule has 2 fully saturated rings. The Morgan fingerprint density at radius 1 is 1.33 bits per heavy atom. The standard InChI is InChI=1S/C11H20N2O2/c1-8-6-13(7-9(2)15-8)11(14)10-4-3-5-12-10/h8-10,12H,3-7H2,1-2H3/t8?,9?,10-/m0/s1. The molecule has 2 rings (SSSR count). The molecule has 0 aromatic heterocycles. The van der Waals surface area contributed by atoms with Crippen molar-refractivity contribution in [2.24, 2.45) is 0 Å². The van der Waals surface area contributed by atoms with E-state index in [9.17, 15) is 4.79 Å². The van der Waals surface area contributed by atoms with Crippen LogP contribution < -0.4 is 5.32 Å². The predicted molar refractivity (Wildman–Crippen MR) is 57.6 cm³/mol.